The quantitative estimate of drug-likeness (QED) is 0.871. The molecule has 2 rings (SSSR count). The molecular formula is C17H28ClN3. The molecule has 0 bridgehead atoms. The molecule has 1 fully saturated rings. The summed E-state index contributed by atoms with van der Waals surface area (Å²) < 4.78 is 0. The molecule has 118 valence electrons. The highest BCUT2D eigenvalue weighted by Crippen LogP contribution is 2.21. The summed E-state index contributed by atoms with van der Waals surface area (Å²) in [5.74, 6) is 0. The molecule has 0 aliphatic carbocycles. The van der Waals surface area contributed by atoms with Crippen molar-refractivity contribution in [3.63, 3.8) is 0 Å². The fourth-order valence-electron chi connectivity index (χ4n) is 3.13. The number of nitrogens with one attached hydrogen (secondary N) is 1. The maximum absolute atomic E-state index is 5.99. The van der Waals surface area contributed by atoms with Gasteiger partial charge in [0, 0.05) is 43.3 Å². The van der Waals surface area contributed by atoms with Crippen molar-refractivity contribution in [1.29, 1.82) is 0 Å². The van der Waals surface area contributed by atoms with Crippen LogP contribution in [-0.4, -0.2) is 55.6 Å². The van der Waals surface area contributed by atoms with E-state index in [-0.39, 0.29) is 0 Å². The summed E-state index contributed by atoms with van der Waals surface area (Å²) in [5, 5.41) is 4.41. The first-order chi connectivity index (χ1) is 10.1. The van der Waals surface area contributed by atoms with E-state index in [0.29, 0.717) is 12.1 Å². The van der Waals surface area contributed by atoms with Crippen LogP contribution in [0.3, 0.4) is 0 Å². The summed E-state index contributed by atoms with van der Waals surface area (Å²) >= 11 is 5.99. The number of likely N-dealkylation sites (N-methyl/N-ethyl adjacent to an activating group) is 1. The molecule has 0 aromatic heterocycles. The van der Waals surface area contributed by atoms with Crippen molar-refractivity contribution in [3.8, 4) is 0 Å². The molecule has 1 N–H and O–H groups in total. The van der Waals surface area contributed by atoms with Crippen LogP contribution in [0.5, 0.6) is 0 Å². The Bertz CT molecular complexity index is 421. The minimum absolute atomic E-state index is 0.416. The van der Waals surface area contributed by atoms with Crippen LogP contribution in [-0.2, 0) is 0 Å². The lowest BCUT2D eigenvalue weighted by atomic mass is 10.0. The maximum Gasteiger partial charge on any atom is 0.0406 e. The summed E-state index contributed by atoms with van der Waals surface area (Å²) in [6, 6.07) is 9.32. The average Bonchev–Trinajstić information content (AvgIpc) is 2.46. The monoisotopic (exact) mass is 309 g/mol. The van der Waals surface area contributed by atoms with Gasteiger partial charge in [0.25, 0.3) is 0 Å². The van der Waals surface area contributed by atoms with Gasteiger partial charge in [-0.25, -0.2) is 0 Å². The highest BCUT2D eigenvalue weighted by molar-refractivity contribution is 6.30. The number of piperazine rings is 1. The first-order valence-corrected chi connectivity index (χ1v) is 8.39. The van der Waals surface area contributed by atoms with E-state index in [1.165, 1.54) is 25.2 Å². The smallest absolute Gasteiger partial charge is 0.0406 e. The number of hydrogen-bond acceptors (Lipinski definition) is 3. The second kappa shape index (κ2) is 8.14. The van der Waals surface area contributed by atoms with E-state index >= 15 is 0 Å². The second-order valence-corrected chi connectivity index (χ2v) is 6.53. The van der Waals surface area contributed by atoms with Crippen LogP contribution in [0.1, 0.15) is 31.9 Å². The summed E-state index contributed by atoms with van der Waals surface area (Å²) in [7, 11) is 2.21. The van der Waals surface area contributed by atoms with Crippen LogP contribution in [0.2, 0.25) is 5.02 Å². The molecule has 2 atom stereocenters. The molecule has 0 saturated carbocycles. The van der Waals surface area contributed by atoms with E-state index in [1.54, 1.807) is 0 Å². The van der Waals surface area contributed by atoms with E-state index < -0.39 is 0 Å². The van der Waals surface area contributed by atoms with Gasteiger partial charge in [-0.3, -0.25) is 4.90 Å². The average molecular weight is 310 g/mol. The molecule has 3 nitrogen and oxygen atoms in total. The Balaban J connectivity index is 1.92. The first kappa shape index (κ1) is 16.8. The zero-order valence-corrected chi connectivity index (χ0v) is 14.2. The molecule has 4 heteroatoms. The lowest BCUT2D eigenvalue weighted by molar-refractivity contribution is 0.0961. The summed E-state index contributed by atoms with van der Waals surface area (Å²) in [6.07, 6.45) is 1.14. The van der Waals surface area contributed by atoms with Gasteiger partial charge in [0.15, 0.2) is 0 Å². The lowest BCUT2D eigenvalue weighted by Gasteiger charge is -2.38. The zero-order valence-electron chi connectivity index (χ0n) is 13.5. The zero-order chi connectivity index (χ0) is 15.2. The Labute approximate surface area is 134 Å². The Morgan fingerprint density at radius 2 is 2.00 bits per heavy atom. The minimum atomic E-state index is 0.416. The predicted octanol–water partition coefficient (Wildman–Crippen LogP) is 3.02. The molecule has 1 aliphatic heterocycles. The highest BCUT2D eigenvalue weighted by Gasteiger charge is 2.22. The Hall–Kier alpha value is -0.610. The largest absolute Gasteiger partial charge is 0.310 e. The van der Waals surface area contributed by atoms with Crippen LogP contribution in [0.4, 0.5) is 0 Å². The van der Waals surface area contributed by atoms with E-state index in [4.69, 9.17) is 11.6 Å². The molecule has 21 heavy (non-hydrogen) atoms. The fraction of sp³-hybridized carbons (Fsp3) is 0.647. The van der Waals surface area contributed by atoms with Crippen molar-refractivity contribution in [3.05, 3.63) is 34.9 Å². The molecule has 1 aromatic rings. The molecule has 2 unspecified atom stereocenters. The molecular weight excluding hydrogens is 282 g/mol. The Morgan fingerprint density at radius 3 is 2.62 bits per heavy atom. The van der Waals surface area contributed by atoms with Crippen LogP contribution < -0.4 is 5.32 Å². The first-order valence-electron chi connectivity index (χ1n) is 8.01. The van der Waals surface area contributed by atoms with Gasteiger partial charge in [-0.2, -0.15) is 0 Å². The van der Waals surface area contributed by atoms with E-state index in [1.807, 2.05) is 12.1 Å². The van der Waals surface area contributed by atoms with Crippen LogP contribution in [0.15, 0.2) is 24.3 Å². The van der Waals surface area contributed by atoms with Gasteiger partial charge >= 0.3 is 0 Å². The molecule has 1 heterocycles. The summed E-state index contributed by atoms with van der Waals surface area (Å²) in [5.41, 5.74) is 1.34. The molecule has 0 radical (unpaired) electrons. The molecule has 1 aliphatic rings. The normalized spacial score (nSPS) is 22.4. The summed E-state index contributed by atoms with van der Waals surface area (Å²) in [4.78, 5) is 5.03. The van der Waals surface area contributed by atoms with Crippen LogP contribution in [0, 0.1) is 0 Å². The summed E-state index contributed by atoms with van der Waals surface area (Å²) in [6.45, 7) is 10.2. The van der Waals surface area contributed by atoms with Crippen molar-refractivity contribution < 1.29 is 0 Å². The third-order valence-corrected chi connectivity index (χ3v) is 4.65. The third kappa shape index (κ3) is 4.96. The fourth-order valence-corrected chi connectivity index (χ4v) is 3.26. The predicted molar refractivity (Wildman–Crippen MR) is 91.0 cm³/mol. The van der Waals surface area contributed by atoms with Crippen molar-refractivity contribution in [1.82, 2.24) is 15.1 Å². The van der Waals surface area contributed by atoms with Crippen molar-refractivity contribution in [2.45, 2.75) is 32.4 Å². The van der Waals surface area contributed by atoms with Gasteiger partial charge in [-0.15, -0.1) is 0 Å². The van der Waals surface area contributed by atoms with Crippen LogP contribution >= 0.6 is 11.6 Å². The third-order valence-electron chi connectivity index (χ3n) is 4.40. The lowest BCUT2D eigenvalue weighted by Crippen LogP contribution is -2.50. The van der Waals surface area contributed by atoms with Gasteiger partial charge in [-0.05, 0) is 44.6 Å². The highest BCUT2D eigenvalue weighted by atomic mass is 35.5. The molecule has 0 amide bonds. The van der Waals surface area contributed by atoms with Gasteiger partial charge in [0.1, 0.15) is 0 Å². The Kier molecular flexibility index (Phi) is 6.49. The number of rotatable bonds is 6. The number of halogens is 1. The van der Waals surface area contributed by atoms with E-state index in [9.17, 15) is 0 Å². The molecule has 1 saturated heterocycles. The number of benzene rings is 1. The number of hydrogen-bond donors (Lipinski definition) is 1. The minimum Gasteiger partial charge on any atom is -0.310 e. The van der Waals surface area contributed by atoms with Gasteiger partial charge in [0.05, 0.1) is 0 Å². The van der Waals surface area contributed by atoms with Crippen LogP contribution in [0.25, 0.3) is 0 Å². The van der Waals surface area contributed by atoms with Gasteiger partial charge in [-0.1, -0.05) is 30.7 Å². The van der Waals surface area contributed by atoms with Crippen molar-refractivity contribution in [2.75, 3.05) is 39.8 Å². The van der Waals surface area contributed by atoms with Crippen molar-refractivity contribution in [2.24, 2.45) is 0 Å². The van der Waals surface area contributed by atoms with Crippen molar-refractivity contribution >= 4 is 11.6 Å². The van der Waals surface area contributed by atoms with E-state index in [0.717, 1.165) is 24.5 Å². The second-order valence-electron chi connectivity index (χ2n) is 6.10. The molecule has 1 aromatic carbocycles. The van der Waals surface area contributed by atoms with Gasteiger partial charge in [0.2, 0.25) is 0 Å². The van der Waals surface area contributed by atoms with Gasteiger partial charge < -0.3 is 10.2 Å². The molecule has 0 spiro atoms. The van der Waals surface area contributed by atoms with E-state index in [2.05, 4.69) is 48.1 Å². The SMILES string of the molecule is CCNC(CCN1CCN(C)CC1C)c1ccc(Cl)cc1. The number of nitrogens with zero attached hydrogens (tertiary/aromatic N) is 2. The Morgan fingerprint density at radius 1 is 1.29 bits per heavy atom. The standard InChI is InChI=1S/C17H28ClN3/c1-4-19-17(15-5-7-16(18)8-6-15)9-10-21-12-11-20(3)13-14(21)2/h5-8,14,17,19H,4,9-13H2,1-3H3. The topological polar surface area (TPSA) is 18.5 Å². The maximum atomic E-state index is 5.99.